The van der Waals surface area contributed by atoms with Crippen molar-refractivity contribution in [2.24, 2.45) is 5.16 Å². The van der Waals surface area contributed by atoms with Crippen molar-refractivity contribution in [3.8, 4) is 11.5 Å². The molecule has 0 N–H and O–H groups in total. The Bertz CT molecular complexity index is 384. The molecule has 0 aromatic rings. The number of nitrogens with zero attached hydrogens (tertiary/aromatic N) is 1. The molecule has 0 radical (unpaired) electrons. The Labute approximate surface area is 104 Å². The average molecular weight is 253 g/mol. The Balaban J connectivity index is 2.83. The minimum absolute atomic E-state index is 0.373. The van der Waals surface area contributed by atoms with Crippen molar-refractivity contribution in [2.45, 2.75) is 45.6 Å². The fraction of sp³-hybridized carbons (Fsp3) is 0.615. The van der Waals surface area contributed by atoms with E-state index in [1.54, 1.807) is 6.08 Å². The van der Waals surface area contributed by atoms with Gasteiger partial charge in [-0.2, -0.15) is 0 Å². The van der Waals surface area contributed by atoms with E-state index in [4.69, 9.17) is 4.84 Å². The van der Waals surface area contributed by atoms with Crippen LogP contribution in [-0.2, 0) is 4.84 Å². The van der Waals surface area contributed by atoms with Gasteiger partial charge in [-0.1, -0.05) is 30.7 Å². The first-order chi connectivity index (χ1) is 7.92. The van der Waals surface area contributed by atoms with Crippen molar-refractivity contribution in [3.05, 3.63) is 11.6 Å². The van der Waals surface area contributed by atoms with E-state index >= 15 is 0 Å². The van der Waals surface area contributed by atoms with Gasteiger partial charge in [0.15, 0.2) is 0 Å². The summed E-state index contributed by atoms with van der Waals surface area (Å²) in [5, 5.41) is 3.79. The van der Waals surface area contributed by atoms with E-state index in [2.05, 4.69) is 36.3 Å². The van der Waals surface area contributed by atoms with Crippen molar-refractivity contribution in [1.29, 1.82) is 0 Å². The van der Waals surface area contributed by atoms with E-state index in [1.807, 2.05) is 6.92 Å². The van der Waals surface area contributed by atoms with Crippen LogP contribution >= 0.6 is 0 Å². The van der Waals surface area contributed by atoms with Gasteiger partial charge in [-0.15, -0.1) is 5.54 Å². The molecule has 0 aromatic carbocycles. The van der Waals surface area contributed by atoms with Crippen LogP contribution in [0.25, 0.3) is 0 Å². The quantitative estimate of drug-likeness (QED) is 0.420. The fourth-order valence-corrected chi connectivity index (χ4v) is 1.90. The summed E-state index contributed by atoms with van der Waals surface area (Å²) in [6.45, 7) is 8.86. The standard InChI is InChI=1S/C13H20FNOSi/c1-5-16-15-13-10-11(6-7-12(13)14)8-9-17(2,3)4/h10,12H,5-7H2,1-4H3/b15-13+. The molecular formula is C13H20FNOSi. The molecule has 0 saturated carbocycles. The molecule has 0 aliphatic heterocycles. The molecule has 0 fully saturated rings. The lowest BCUT2D eigenvalue weighted by Crippen LogP contribution is -2.20. The van der Waals surface area contributed by atoms with E-state index in [0.29, 0.717) is 25.2 Å². The van der Waals surface area contributed by atoms with Gasteiger partial charge in [0.1, 0.15) is 26.6 Å². The molecule has 0 amide bonds. The molecular weight excluding hydrogens is 233 g/mol. The molecule has 1 rings (SSSR count). The predicted molar refractivity (Wildman–Crippen MR) is 72.4 cm³/mol. The van der Waals surface area contributed by atoms with Gasteiger partial charge < -0.3 is 4.84 Å². The van der Waals surface area contributed by atoms with Crippen LogP contribution in [0.15, 0.2) is 16.8 Å². The number of hydrogen-bond acceptors (Lipinski definition) is 2. The maximum Gasteiger partial charge on any atom is 0.146 e. The maximum absolute atomic E-state index is 13.5. The van der Waals surface area contributed by atoms with Gasteiger partial charge in [0.25, 0.3) is 0 Å². The van der Waals surface area contributed by atoms with Crippen LogP contribution in [0.3, 0.4) is 0 Å². The normalized spacial score (nSPS) is 22.8. The summed E-state index contributed by atoms with van der Waals surface area (Å²) in [5.74, 6) is 3.16. The molecule has 94 valence electrons. The second-order valence-electron chi connectivity index (χ2n) is 5.11. The summed E-state index contributed by atoms with van der Waals surface area (Å²) in [7, 11) is -1.37. The van der Waals surface area contributed by atoms with Gasteiger partial charge in [0.2, 0.25) is 0 Å². The first-order valence-electron chi connectivity index (χ1n) is 6.00. The summed E-state index contributed by atoms with van der Waals surface area (Å²) in [6, 6.07) is 0. The van der Waals surface area contributed by atoms with Gasteiger partial charge >= 0.3 is 0 Å². The number of hydrogen-bond donors (Lipinski definition) is 0. The smallest absolute Gasteiger partial charge is 0.146 e. The van der Waals surface area contributed by atoms with Crippen LogP contribution < -0.4 is 0 Å². The van der Waals surface area contributed by atoms with Crippen LogP contribution in [0, 0.1) is 11.5 Å². The Morgan fingerprint density at radius 2 is 2.24 bits per heavy atom. The SMILES string of the molecule is CCO/N=C1\C=C(C#C[Si](C)(C)C)CCC1F. The largest absolute Gasteiger partial charge is 0.396 e. The molecule has 1 unspecified atom stereocenters. The van der Waals surface area contributed by atoms with Gasteiger partial charge in [0.05, 0.1) is 0 Å². The summed E-state index contributed by atoms with van der Waals surface area (Å²) in [5.41, 5.74) is 4.63. The highest BCUT2D eigenvalue weighted by atomic mass is 28.3. The van der Waals surface area contributed by atoms with Gasteiger partial charge in [0, 0.05) is 5.57 Å². The third-order valence-electron chi connectivity index (χ3n) is 2.21. The summed E-state index contributed by atoms with van der Waals surface area (Å²) < 4.78 is 13.5. The lowest BCUT2D eigenvalue weighted by Gasteiger charge is -2.14. The highest BCUT2D eigenvalue weighted by Crippen LogP contribution is 2.19. The summed E-state index contributed by atoms with van der Waals surface area (Å²) in [4.78, 5) is 4.90. The Morgan fingerprint density at radius 3 is 2.82 bits per heavy atom. The molecule has 0 spiro atoms. The van der Waals surface area contributed by atoms with E-state index in [0.717, 1.165) is 5.57 Å². The first kappa shape index (κ1) is 14.0. The minimum Gasteiger partial charge on any atom is -0.396 e. The molecule has 0 heterocycles. The van der Waals surface area contributed by atoms with Crippen molar-refractivity contribution >= 4 is 13.8 Å². The van der Waals surface area contributed by atoms with E-state index in [9.17, 15) is 4.39 Å². The lowest BCUT2D eigenvalue weighted by atomic mass is 9.97. The molecule has 1 aliphatic carbocycles. The number of oxime groups is 1. The zero-order valence-electron chi connectivity index (χ0n) is 11.0. The summed E-state index contributed by atoms with van der Waals surface area (Å²) >= 11 is 0. The molecule has 1 aliphatic rings. The molecule has 2 nitrogen and oxygen atoms in total. The maximum atomic E-state index is 13.5. The predicted octanol–water partition coefficient (Wildman–Crippen LogP) is 3.32. The Kier molecular flexibility index (Phi) is 4.95. The lowest BCUT2D eigenvalue weighted by molar-refractivity contribution is 0.156. The van der Waals surface area contributed by atoms with Gasteiger partial charge in [-0.25, -0.2) is 4.39 Å². The third kappa shape index (κ3) is 5.18. The molecule has 0 bridgehead atoms. The monoisotopic (exact) mass is 253 g/mol. The fourth-order valence-electron chi connectivity index (χ4n) is 1.36. The molecule has 1 atom stereocenters. The van der Waals surface area contributed by atoms with E-state index in [-0.39, 0.29) is 0 Å². The Hall–Kier alpha value is -1.08. The molecule has 17 heavy (non-hydrogen) atoms. The van der Waals surface area contributed by atoms with Crippen molar-refractivity contribution < 1.29 is 9.23 Å². The second kappa shape index (κ2) is 6.01. The number of rotatable bonds is 2. The molecule has 4 heteroatoms. The highest BCUT2D eigenvalue weighted by molar-refractivity contribution is 6.83. The van der Waals surface area contributed by atoms with Crippen LogP contribution in [0.2, 0.25) is 19.6 Å². The summed E-state index contributed by atoms with van der Waals surface area (Å²) in [6.07, 6.45) is 1.87. The van der Waals surface area contributed by atoms with Crippen LogP contribution in [0.4, 0.5) is 4.39 Å². The molecule has 0 aromatic heterocycles. The van der Waals surface area contributed by atoms with Crippen LogP contribution in [0.5, 0.6) is 0 Å². The van der Waals surface area contributed by atoms with Crippen molar-refractivity contribution in [1.82, 2.24) is 0 Å². The van der Waals surface area contributed by atoms with E-state index in [1.165, 1.54) is 0 Å². The van der Waals surface area contributed by atoms with Crippen LogP contribution in [0.1, 0.15) is 19.8 Å². The number of allylic oxidation sites excluding steroid dienone is 2. The first-order valence-corrected chi connectivity index (χ1v) is 9.50. The van der Waals surface area contributed by atoms with Gasteiger partial charge in [-0.05, 0) is 25.8 Å². The highest BCUT2D eigenvalue weighted by Gasteiger charge is 2.20. The third-order valence-corrected chi connectivity index (χ3v) is 3.08. The topological polar surface area (TPSA) is 21.6 Å². The minimum atomic E-state index is -1.37. The number of halogens is 1. The average Bonchev–Trinajstić information content (AvgIpc) is 2.25. The zero-order chi connectivity index (χ0) is 12.9. The molecule has 0 saturated heterocycles. The Morgan fingerprint density at radius 1 is 1.53 bits per heavy atom. The number of alkyl halides is 1. The van der Waals surface area contributed by atoms with Crippen LogP contribution in [-0.4, -0.2) is 26.6 Å². The zero-order valence-corrected chi connectivity index (χ0v) is 12.0. The second-order valence-corrected chi connectivity index (χ2v) is 9.86. The van der Waals surface area contributed by atoms with Crippen molar-refractivity contribution in [3.63, 3.8) is 0 Å². The van der Waals surface area contributed by atoms with Crippen molar-refractivity contribution in [2.75, 3.05) is 6.61 Å². The van der Waals surface area contributed by atoms with E-state index < -0.39 is 14.2 Å². The van der Waals surface area contributed by atoms with Gasteiger partial charge in [-0.3, -0.25) is 0 Å².